The quantitative estimate of drug-likeness (QED) is 0.780. The summed E-state index contributed by atoms with van der Waals surface area (Å²) in [5.41, 5.74) is 0.890. The molecule has 0 spiro atoms. The van der Waals surface area contributed by atoms with Crippen molar-refractivity contribution in [3.05, 3.63) is 28.0 Å². The molecular formula is C12H16BrFO2Si. The molecule has 1 aliphatic heterocycles. The summed E-state index contributed by atoms with van der Waals surface area (Å²) in [6.45, 7) is 7.55. The Morgan fingerprint density at radius 1 is 1.24 bits per heavy atom. The fraction of sp³-hybridized carbons (Fsp3) is 0.500. The smallest absolute Gasteiger partial charge is 0.185 e. The molecule has 0 aliphatic carbocycles. The van der Waals surface area contributed by atoms with E-state index in [-0.39, 0.29) is 12.1 Å². The van der Waals surface area contributed by atoms with Crippen LogP contribution in [0.25, 0.3) is 0 Å². The van der Waals surface area contributed by atoms with Crippen LogP contribution in [0.2, 0.25) is 19.6 Å². The molecule has 0 unspecified atom stereocenters. The fourth-order valence-electron chi connectivity index (χ4n) is 1.98. The lowest BCUT2D eigenvalue weighted by Crippen LogP contribution is -2.41. The first-order valence-corrected chi connectivity index (χ1v) is 9.92. The van der Waals surface area contributed by atoms with E-state index in [0.29, 0.717) is 13.2 Å². The molecule has 1 aliphatic rings. The predicted molar refractivity (Wildman–Crippen MR) is 71.7 cm³/mol. The third-order valence-electron chi connectivity index (χ3n) is 2.75. The van der Waals surface area contributed by atoms with Crippen LogP contribution in [-0.4, -0.2) is 21.3 Å². The summed E-state index contributed by atoms with van der Waals surface area (Å²) in [5, 5.41) is 0.800. The highest BCUT2D eigenvalue weighted by Crippen LogP contribution is 2.30. The second-order valence-electron chi connectivity index (χ2n) is 5.15. The van der Waals surface area contributed by atoms with Crippen molar-refractivity contribution in [1.29, 1.82) is 0 Å². The highest BCUT2D eigenvalue weighted by molar-refractivity contribution is 9.10. The number of halogens is 2. The Morgan fingerprint density at radius 3 is 2.35 bits per heavy atom. The van der Waals surface area contributed by atoms with Gasteiger partial charge in [0, 0.05) is 10.0 Å². The third kappa shape index (κ3) is 2.62. The van der Waals surface area contributed by atoms with Gasteiger partial charge in [0.15, 0.2) is 6.29 Å². The molecule has 94 valence electrons. The summed E-state index contributed by atoms with van der Waals surface area (Å²) >= 11 is 3.51. The zero-order valence-electron chi connectivity index (χ0n) is 10.2. The minimum Gasteiger partial charge on any atom is -0.346 e. The van der Waals surface area contributed by atoms with Gasteiger partial charge in [-0.3, -0.25) is 0 Å². The number of rotatable bonds is 2. The molecule has 1 saturated heterocycles. The molecule has 0 saturated carbocycles. The second-order valence-corrected chi connectivity index (χ2v) is 10.9. The maximum atomic E-state index is 13.9. The second kappa shape index (κ2) is 4.80. The predicted octanol–water partition coefficient (Wildman–Crippen LogP) is 3.18. The summed E-state index contributed by atoms with van der Waals surface area (Å²) < 4.78 is 25.7. The van der Waals surface area contributed by atoms with Gasteiger partial charge in [-0.05, 0) is 17.3 Å². The molecule has 17 heavy (non-hydrogen) atoms. The van der Waals surface area contributed by atoms with Gasteiger partial charge in [-0.1, -0.05) is 35.6 Å². The van der Waals surface area contributed by atoms with Crippen molar-refractivity contribution in [2.24, 2.45) is 0 Å². The summed E-state index contributed by atoms with van der Waals surface area (Å²) in [5.74, 6) is -0.141. The normalized spacial score (nSPS) is 17.7. The Kier molecular flexibility index (Phi) is 3.73. The third-order valence-corrected chi connectivity index (χ3v) is 5.96. The van der Waals surface area contributed by atoms with Crippen molar-refractivity contribution in [1.82, 2.24) is 0 Å². The van der Waals surface area contributed by atoms with Gasteiger partial charge >= 0.3 is 0 Å². The molecule has 1 heterocycles. The van der Waals surface area contributed by atoms with Gasteiger partial charge in [0.2, 0.25) is 0 Å². The highest BCUT2D eigenvalue weighted by Gasteiger charge is 2.29. The molecule has 2 nitrogen and oxygen atoms in total. The first-order valence-electron chi connectivity index (χ1n) is 5.63. The Morgan fingerprint density at radius 2 is 1.82 bits per heavy atom. The summed E-state index contributed by atoms with van der Waals surface area (Å²) in [7, 11) is -1.74. The first-order chi connectivity index (χ1) is 7.91. The number of benzene rings is 1. The van der Waals surface area contributed by atoms with E-state index in [9.17, 15) is 4.39 Å². The van der Waals surface area contributed by atoms with Gasteiger partial charge < -0.3 is 9.47 Å². The Labute approximate surface area is 110 Å². The van der Waals surface area contributed by atoms with E-state index in [1.54, 1.807) is 6.07 Å². The molecule has 2 rings (SSSR count). The van der Waals surface area contributed by atoms with Crippen molar-refractivity contribution in [2.75, 3.05) is 13.2 Å². The summed E-state index contributed by atoms with van der Waals surface area (Å²) in [6, 6.07) is 3.25. The van der Waals surface area contributed by atoms with E-state index < -0.39 is 8.07 Å². The molecule has 1 aromatic rings. The minimum absolute atomic E-state index is 0.141. The van der Waals surface area contributed by atoms with Crippen LogP contribution in [0.3, 0.4) is 0 Å². The van der Waals surface area contributed by atoms with Gasteiger partial charge in [-0.15, -0.1) is 0 Å². The fourth-order valence-corrected chi connectivity index (χ4v) is 5.87. The molecule has 0 radical (unpaired) electrons. The molecule has 1 fully saturated rings. The standard InChI is InChI=1S/C12H16BrFO2Si/c1-17(2,3)11-9(14)5-4-8(10(11)13)12-15-6-7-16-12/h4-5,12H,6-7H2,1-3H3. The Bertz CT molecular complexity index is 425. The SMILES string of the molecule is C[Si](C)(C)c1c(F)ccc(C2OCCO2)c1Br. The van der Waals surface area contributed by atoms with Crippen LogP contribution in [0.15, 0.2) is 16.6 Å². The van der Waals surface area contributed by atoms with Gasteiger partial charge in [-0.2, -0.15) is 0 Å². The van der Waals surface area contributed by atoms with Crippen molar-refractivity contribution in [3.8, 4) is 0 Å². The van der Waals surface area contributed by atoms with E-state index in [4.69, 9.17) is 9.47 Å². The average molecular weight is 319 g/mol. The van der Waals surface area contributed by atoms with Gasteiger partial charge in [0.25, 0.3) is 0 Å². The lowest BCUT2D eigenvalue weighted by Gasteiger charge is -2.22. The van der Waals surface area contributed by atoms with Crippen LogP contribution in [0.1, 0.15) is 11.9 Å². The maximum absolute atomic E-state index is 13.9. The van der Waals surface area contributed by atoms with Crippen molar-refractivity contribution < 1.29 is 13.9 Å². The van der Waals surface area contributed by atoms with E-state index in [2.05, 4.69) is 35.6 Å². The maximum Gasteiger partial charge on any atom is 0.185 e. The number of ether oxygens (including phenoxy) is 2. The lowest BCUT2D eigenvalue weighted by atomic mass is 10.2. The van der Waals surface area contributed by atoms with Gasteiger partial charge in [-0.25, -0.2) is 4.39 Å². The summed E-state index contributed by atoms with van der Waals surface area (Å²) in [6.07, 6.45) is -0.361. The molecular weight excluding hydrogens is 303 g/mol. The van der Waals surface area contributed by atoms with Crippen LogP contribution in [0, 0.1) is 5.82 Å². The molecule has 0 bridgehead atoms. The molecule has 0 N–H and O–H groups in total. The van der Waals surface area contributed by atoms with E-state index >= 15 is 0 Å². The zero-order valence-corrected chi connectivity index (χ0v) is 12.8. The van der Waals surface area contributed by atoms with Crippen LogP contribution in [-0.2, 0) is 9.47 Å². The minimum atomic E-state index is -1.74. The van der Waals surface area contributed by atoms with Crippen LogP contribution >= 0.6 is 15.9 Å². The largest absolute Gasteiger partial charge is 0.346 e. The van der Waals surface area contributed by atoms with E-state index in [1.807, 2.05) is 0 Å². The average Bonchev–Trinajstić information content (AvgIpc) is 2.68. The summed E-state index contributed by atoms with van der Waals surface area (Å²) in [4.78, 5) is 0. The van der Waals surface area contributed by atoms with Gasteiger partial charge in [0.05, 0.1) is 21.3 Å². The Balaban J connectivity index is 2.49. The number of hydrogen-bond donors (Lipinski definition) is 0. The zero-order chi connectivity index (χ0) is 12.6. The molecule has 0 amide bonds. The molecule has 5 heteroatoms. The first kappa shape index (κ1) is 13.2. The van der Waals surface area contributed by atoms with Crippen LogP contribution in [0.5, 0.6) is 0 Å². The molecule has 0 atom stereocenters. The van der Waals surface area contributed by atoms with Crippen molar-refractivity contribution in [3.63, 3.8) is 0 Å². The molecule has 0 aromatic heterocycles. The number of hydrogen-bond acceptors (Lipinski definition) is 2. The monoisotopic (exact) mass is 318 g/mol. The van der Waals surface area contributed by atoms with Crippen molar-refractivity contribution >= 4 is 29.2 Å². The van der Waals surface area contributed by atoms with Crippen molar-refractivity contribution in [2.45, 2.75) is 25.9 Å². The van der Waals surface area contributed by atoms with E-state index in [0.717, 1.165) is 15.2 Å². The highest BCUT2D eigenvalue weighted by atomic mass is 79.9. The Hall–Kier alpha value is -0.233. The van der Waals surface area contributed by atoms with E-state index in [1.165, 1.54) is 6.07 Å². The van der Waals surface area contributed by atoms with Gasteiger partial charge in [0.1, 0.15) is 5.82 Å². The molecule has 1 aromatic carbocycles. The lowest BCUT2D eigenvalue weighted by molar-refractivity contribution is -0.0446. The van der Waals surface area contributed by atoms with Crippen LogP contribution in [0.4, 0.5) is 4.39 Å². The topological polar surface area (TPSA) is 18.5 Å². The van der Waals surface area contributed by atoms with Crippen LogP contribution < -0.4 is 5.19 Å².